The molecule has 5 nitrogen and oxygen atoms in total. The third-order valence-corrected chi connectivity index (χ3v) is 6.44. The molecule has 0 amide bonds. The minimum absolute atomic E-state index is 0.0958. The number of benzene rings is 1. The van der Waals surface area contributed by atoms with Crippen molar-refractivity contribution >= 4 is 0 Å². The second-order valence-electron chi connectivity index (χ2n) is 9.89. The van der Waals surface area contributed by atoms with Crippen molar-refractivity contribution < 1.29 is 17.6 Å². The van der Waals surface area contributed by atoms with Crippen LogP contribution < -0.4 is 5.32 Å². The molecule has 0 bridgehead atoms. The molecule has 0 atom stereocenters. The Morgan fingerprint density at radius 3 is 2.08 bits per heavy atom. The Hall–Kier alpha value is -3.20. The van der Waals surface area contributed by atoms with Crippen LogP contribution in [0, 0.1) is 30.2 Å². The van der Waals surface area contributed by atoms with Crippen LogP contribution in [0.1, 0.15) is 57.2 Å². The molecule has 5 rings (SSSR count). The summed E-state index contributed by atoms with van der Waals surface area (Å²) in [7, 11) is 0. The van der Waals surface area contributed by atoms with E-state index in [1.807, 2.05) is 34.6 Å². The van der Waals surface area contributed by atoms with E-state index in [9.17, 15) is 17.6 Å². The van der Waals surface area contributed by atoms with Crippen molar-refractivity contribution in [1.82, 2.24) is 24.8 Å². The fourth-order valence-corrected chi connectivity index (χ4v) is 4.21. The summed E-state index contributed by atoms with van der Waals surface area (Å²) in [5.41, 5.74) is 2.09. The lowest BCUT2D eigenvalue weighted by molar-refractivity contribution is 0.134. The van der Waals surface area contributed by atoms with Gasteiger partial charge in [-0.25, -0.2) is 22.5 Å². The molecule has 1 N–H and O–H groups in total. The molecule has 2 aliphatic rings. The van der Waals surface area contributed by atoms with Crippen molar-refractivity contribution in [1.29, 1.82) is 0 Å². The van der Waals surface area contributed by atoms with Crippen molar-refractivity contribution in [2.75, 3.05) is 19.6 Å². The number of pyridine rings is 1. The predicted molar refractivity (Wildman–Crippen MR) is 138 cm³/mol. The minimum atomic E-state index is -1.46. The highest BCUT2D eigenvalue weighted by atomic mass is 19.2. The zero-order valence-corrected chi connectivity index (χ0v) is 22.1. The molecule has 0 spiro atoms. The van der Waals surface area contributed by atoms with E-state index in [2.05, 4.69) is 26.3 Å². The van der Waals surface area contributed by atoms with Gasteiger partial charge in [-0.1, -0.05) is 20.4 Å². The molecule has 2 aliphatic heterocycles. The van der Waals surface area contributed by atoms with Crippen LogP contribution in [0.15, 0.2) is 43.2 Å². The summed E-state index contributed by atoms with van der Waals surface area (Å²) < 4.78 is 55.0. The molecule has 1 saturated heterocycles. The molecule has 1 fully saturated rings. The minimum Gasteiger partial charge on any atom is -0.364 e. The highest BCUT2D eigenvalue weighted by Gasteiger charge is 2.38. The molecule has 0 aliphatic carbocycles. The predicted octanol–water partition coefficient (Wildman–Crippen LogP) is 6.29. The number of hydrogen-bond donors (Lipinski definition) is 1. The Kier molecular flexibility index (Phi) is 9.12. The first-order chi connectivity index (χ1) is 17.5. The Bertz CT molecular complexity index is 1170. The molecule has 1 aromatic carbocycles. The maximum Gasteiger partial charge on any atom is 0.194 e. The largest absolute Gasteiger partial charge is 0.364 e. The number of nitrogens with zero attached hydrogens (tertiary/aromatic N) is 4. The summed E-state index contributed by atoms with van der Waals surface area (Å²) in [6.45, 7) is 17.7. The number of nitrogens with one attached hydrogen (secondary N) is 1. The van der Waals surface area contributed by atoms with E-state index in [-0.39, 0.29) is 17.3 Å². The number of aromatic nitrogens is 3. The van der Waals surface area contributed by atoms with E-state index in [4.69, 9.17) is 4.98 Å². The first-order valence-electron chi connectivity index (χ1n) is 12.4. The highest BCUT2D eigenvalue weighted by Crippen LogP contribution is 2.39. The molecule has 2 aromatic heterocycles. The fourth-order valence-electron chi connectivity index (χ4n) is 4.21. The van der Waals surface area contributed by atoms with E-state index in [0.29, 0.717) is 12.2 Å². The molecule has 9 heteroatoms. The van der Waals surface area contributed by atoms with Gasteiger partial charge in [0.05, 0.1) is 17.4 Å². The smallest absolute Gasteiger partial charge is 0.194 e. The van der Waals surface area contributed by atoms with Gasteiger partial charge in [-0.05, 0) is 76.7 Å². The summed E-state index contributed by atoms with van der Waals surface area (Å²) in [5.74, 6) is -3.25. The van der Waals surface area contributed by atoms with Gasteiger partial charge in [0.1, 0.15) is 11.6 Å². The topological polar surface area (TPSA) is 46.0 Å². The molecule has 0 radical (unpaired) electrons. The van der Waals surface area contributed by atoms with E-state index in [1.165, 1.54) is 31.8 Å². The SMILES string of the molecule is C1CNC1.C=CN1CCn2c(nc(-c3cc(F)c(F)c(F)c3)c2C(C)C)C1(C)C.Cc1ccc(F)cn1. The Morgan fingerprint density at radius 2 is 1.65 bits per heavy atom. The first kappa shape index (κ1) is 28.4. The average molecular weight is 518 g/mol. The second kappa shape index (κ2) is 11.9. The first-order valence-corrected chi connectivity index (χ1v) is 12.4. The van der Waals surface area contributed by atoms with Crippen LogP contribution in [0.25, 0.3) is 11.3 Å². The van der Waals surface area contributed by atoms with Crippen molar-refractivity contribution in [3.63, 3.8) is 0 Å². The van der Waals surface area contributed by atoms with Gasteiger partial charge in [-0.3, -0.25) is 4.98 Å². The maximum absolute atomic E-state index is 13.7. The van der Waals surface area contributed by atoms with Gasteiger partial charge >= 0.3 is 0 Å². The van der Waals surface area contributed by atoms with Crippen LogP contribution in [0.4, 0.5) is 17.6 Å². The van der Waals surface area contributed by atoms with Gasteiger partial charge in [0.2, 0.25) is 0 Å². The molecular weight excluding hydrogens is 482 g/mol. The highest BCUT2D eigenvalue weighted by molar-refractivity contribution is 5.64. The van der Waals surface area contributed by atoms with Crippen molar-refractivity contribution in [3.05, 3.63) is 83.7 Å². The molecule has 4 heterocycles. The van der Waals surface area contributed by atoms with E-state index >= 15 is 0 Å². The Balaban J connectivity index is 0.000000258. The van der Waals surface area contributed by atoms with Gasteiger partial charge in [0.15, 0.2) is 17.5 Å². The quantitative estimate of drug-likeness (QED) is 0.328. The summed E-state index contributed by atoms with van der Waals surface area (Å²) >= 11 is 0. The average Bonchev–Trinajstić information content (AvgIpc) is 3.20. The zero-order valence-electron chi connectivity index (χ0n) is 22.1. The lowest BCUT2D eigenvalue weighted by Crippen LogP contribution is -2.46. The molecule has 37 heavy (non-hydrogen) atoms. The van der Waals surface area contributed by atoms with Crippen LogP contribution in [-0.4, -0.2) is 39.1 Å². The third-order valence-electron chi connectivity index (χ3n) is 6.44. The fraction of sp³-hybridized carbons (Fsp3) is 0.429. The third kappa shape index (κ3) is 6.39. The van der Waals surface area contributed by atoms with Crippen LogP contribution in [0.5, 0.6) is 0 Å². The zero-order chi connectivity index (χ0) is 27.3. The lowest BCUT2D eigenvalue weighted by atomic mass is 9.99. The number of rotatable bonds is 3. The van der Waals surface area contributed by atoms with Crippen LogP contribution in [0.3, 0.4) is 0 Å². The number of halogens is 4. The summed E-state index contributed by atoms with van der Waals surface area (Å²) in [6, 6.07) is 5.05. The van der Waals surface area contributed by atoms with Crippen molar-refractivity contribution in [3.8, 4) is 11.3 Å². The van der Waals surface area contributed by atoms with Gasteiger partial charge in [0.25, 0.3) is 0 Å². The van der Waals surface area contributed by atoms with Crippen molar-refractivity contribution in [2.24, 2.45) is 0 Å². The number of imidazole rings is 1. The molecule has 3 aromatic rings. The molecule has 0 saturated carbocycles. The van der Waals surface area contributed by atoms with E-state index in [0.717, 1.165) is 35.9 Å². The Labute approximate surface area is 216 Å². The van der Waals surface area contributed by atoms with Gasteiger partial charge in [-0.2, -0.15) is 0 Å². The summed E-state index contributed by atoms with van der Waals surface area (Å²) in [4.78, 5) is 10.5. The molecule has 0 unspecified atom stereocenters. The normalized spacial score (nSPS) is 15.6. The van der Waals surface area contributed by atoms with E-state index < -0.39 is 23.0 Å². The van der Waals surface area contributed by atoms with Crippen LogP contribution >= 0.6 is 0 Å². The van der Waals surface area contributed by atoms with Crippen molar-refractivity contribution in [2.45, 2.75) is 59.0 Å². The lowest BCUT2D eigenvalue weighted by Gasteiger charge is -2.42. The van der Waals surface area contributed by atoms with Gasteiger partial charge in [-0.15, -0.1) is 0 Å². The van der Waals surface area contributed by atoms with Crippen LogP contribution in [-0.2, 0) is 12.1 Å². The Morgan fingerprint density at radius 1 is 1.05 bits per heavy atom. The number of fused-ring (bicyclic) bond motifs is 1. The molecular formula is C28H35F4N5. The van der Waals surface area contributed by atoms with Crippen LogP contribution in [0.2, 0.25) is 0 Å². The second-order valence-corrected chi connectivity index (χ2v) is 9.89. The standard InChI is InChI=1S/C19H22F3N3.C6H6FN.C3H7N/c1-6-24-7-8-25-17(11(2)3)16(23-18(25)19(24,4)5)12-9-13(20)15(22)14(21)10-12;1-5-2-3-6(7)4-8-5;1-2-4-3-1/h6,9-11H,1,7-8H2,2-5H3;2-4H,1H3;4H,1-3H2. The molecule has 200 valence electrons. The number of hydrogen-bond acceptors (Lipinski definition) is 4. The summed E-state index contributed by atoms with van der Waals surface area (Å²) in [5, 5.41) is 3.11. The van der Waals surface area contributed by atoms with E-state index in [1.54, 1.807) is 12.3 Å². The maximum atomic E-state index is 13.7. The summed E-state index contributed by atoms with van der Waals surface area (Å²) in [6.07, 6.45) is 4.37. The monoisotopic (exact) mass is 517 g/mol. The van der Waals surface area contributed by atoms with Gasteiger partial charge in [0, 0.05) is 30.0 Å². The number of aryl methyl sites for hydroxylation is 1. The van der Waals surface area contributed by atoms with Gasteiger partial charge < -0.3 is 14.8 Å².